The van der Waals surface area contributed by atoms with Crippen molar-refractivity contribution in [1.29, 1.82) is 0 Å². The number of carbonyl (C=O) groups is 1. The van der Waals surface area contributed by atoms with Gasteiger partial charge in [-0.25, -0.2) is 0 Å². The van der Waals surface area contributed by atoms with Gasteiger partial charge in [-0.1, -0.05) is 19.3 Å². The molecule has 2 aliphatic carbocycles. The second kappa shape index (κ2) is 7.31. The molecule has 2 saturated carbocycles. The lowest BCUT2D eigenvalue weighted by atomic mass is 9.55. The first-order valence-corrected chi connectivity index (χ1v) is 9.23. The molecule has 0 unspecified atom stereocenters. The maximum atomic E-state index is 12.4. The second-order valence-corrected chi connectivity index (χ2v) is 7.35. The summed E-state index contributed by atoms with van der Waals surface area (Å²) in [6.07, 6.45) is 10.5. The SMILES string of the molecule is CCO[C@H]1C[C@H](NC(=O)CC2CCOCC2)C12CCCCC2. The molecule has 1 N–H and O–H groups in total. The highest BCUT2D eigenvalue weighted by Crippen LogP contribution is 2.53. The van der Waals surface area contributed by atoms with Crippen molar-refractivity contribution in [3.8, 4) is 0 Å². The smallest absolute Gasteiger partial charge is 0.220 e. The van der Waals surface area contributed by atoms with E-state index in [1.165, 1.54) is 32.1 Å². The minimum Gasteiger partial charge on any atom is -0.381 e. The third kappa shape index (κ3) is 3.33. The molecule has 3 rings (SSSR count). The average molecular weight is 309 g/mol. The molecule has 1 amide bonds. The van der Waals surface area contributed by atoms with Gasteiger partial charge in [-0.15, -0.1) is 0 Å². The highest BCUT2D eigenvalue weighted by molar-refractivity contribution is 5.76. The van der Waals surface area contributed by atoms with E-state index in [-0.39, 0.29) is 11.3 Å². The number of hydrogen-bond donors (Lipinski definition) is 1. The molecule has 0 aromatic heterocycles. The summed E-state index contributed by atoms with van der Waals surface area (Å²) in [5, 5.41) is 3.35. The first-order valence-electron chi connectivity index (χ1n) is 9.23. The van der Waals surface area contributed by atoms with Crippen molar-refractivity contribution in [1.82, 2.24) is 5.32 Å². The minimum atomic E-state index is 0.236. The fraction of sp³-hybridized carbons (Fsp3) is 0.944. The largest absolute Gasteiger partial charge is 0.381 e. The third-order valence-electron chi connectivity index (χ3n) is 6.09. The number of hydrogen-bond acceptors (Lipinski definition) is 3. The van der Waals surface area contributed by atoms with Gasteiger partial charge in [0, 0.05) is 37.7 Å². The standard InChI is InChI=1S/C18H31NO3/c1-2-22-16-13-15(18(16)8-4-3-5-9-18)19-17(20)12-14-6-10-21-11-7-14/h14-16H,2-13H2,1H3,(H,19,20)/t15-,16-/m0/s1. The summed E-state index contributed by atoms with van der Waals surface area (Å²) in [4.78, 5) is 12.4. The zero-order valence-electron chi connectivity index (χ0n) is 13.9. The molecule has 22 heavy (non-hydrogen) atoms. The Hall–Kier alpha value is -0.610. The highest BCUT2D eigenvalue weighted by Gasteiger charge is 2.56. The Morgan fingerprint density at radius 3 is 2.64 bits per heavy atom. The van der Waals surface area contributed by atoms with E-state index in [1.807, 2.05) is 0 Å². The van der Waals surface area contributed by atoms with Crippen LogP contribution in [0.2, 0.25) is 0 Å². The Morgan fingerprint density at radius 1 is 1.23 bits per heavy atom. The van der Waals surface area contributed by atoms with Crippen LogP contribution in [0.25, 0.3) is 0 Å². The van der Waals surface area contributed by atoms with E-state index in [9.17, 15) is 4.79 Å². The van der Waals surface area contributed by atoms with Crippen LogP contribution in [0.15, 0.2) is 0 Å². The number of carbonyl (C=O) groups excluding carboxylic acids is 1. The van der Waals surface area contributed by atoms with E-state index in [0.29, 0.717) is 24.5 Å². The molecule has 3 fully saturated rings. The molecular weight excluding hydrogens is 278 g/mol. The fourth-order valence-electron chi connectivity index (χ4n) is 4.73. The predicted octanol–water partition coefficient (Wildman–Crippen LogP) is 3.05. The minimum absolute atomic E-state index is 0.236. The van der Waals surface area contributed by atoms with Gasteiger partial charge in [0.25, 0.3) is 0 Å². The summed E-state index contributed by atoms with van der Waals surface area (Å²) >= 11 is 0. The average Bonchev–Trinajstić information content (AvgIpc) is 2.55. The maximum absolute atomic E-state index is 12.4. The van der Waals surface area contributed by atoms with Crippen molar-refractivity contribution < 1.29 is 14.3 Å². The summed E-state index contributed by atoms with van der Waals surface area (Å²) in [6.45, 7) is 4.50. The van der Waals surface area contributed by atoms with Crippen LogP contribution in [0.4, 0.5) is 0 Å². The molecule has 1 aliphatic heterocycles. The van der Waals surface area contributed by atoms with Gasteiger partial charge < -0.3 is 14.8 Å². The number of nitrogens with one attached hydrogen (secondary N) is 1. The second-order valence-electron chi connectivity index (χ2n) is 7.35. The Balaban J connectivity index is 1.53. The monoisotopic (exact) mass is 309 g/mol. The third-order valence-corrected chi connectivity index (χ3v) is 6.09. The Bertz CT molecular complexity index is 373. The molecule has 4 heteroatoms. The molecule has 1 heterocycles. The normalized spacial score (nSPS) is 31.7. The number of ether oxygens (including phenoxy) is 2. The first-order chi connectivity index (χ1) is 10.7. The molecule has 0 radical (unpaired) electrons. The molecular formula is C18H31NO3. The van der Waals surface area contributed by atoms with Crippen LogP contribution in [0.1, 0.15) is 64.7 Å². The van der Waals surface area contributed by atoms with Crippen LogP contribution >= 0.6 is 0 Å². The molecule has 0 aromatic carbocycles. The highest BCUT2D eigenvalue weighted by atomic mass is 16.5. The summed E-state index contributed by atoms with van der Waals surface area (Å²) in [5.74, 6) is 0.760. The van der Waals surface area contributed by atoms with Crippen molar-refractivity contribution in [3.05, 3.63) is 0 Å². The van der Waals surface area contributed by atoms with Gasteiger partial charge in [-0.2, -0.15) is 0 Å². The Kier molecular flexibility index (Phi) is 5.40. The van der Waals surface area contributed by atoms with Gasteiger partial charge in [0.05, 0.1) is 6.10 Å². The lowest BCUT2D eigenvalue weighted by Crippen LogP contribution is -2.65. The zero-order chi connectivity index (χ0) is 15.4. The molecule has 1 spiro atoms. The van der Waals surface area contributed by atoms with Crippen LogP contribution in [0.3, 0.4) is 0 Å². The predicted molar refractivity (Wildman–Crippen MR) is 85.6 cm³/mol. The van der Waals surface area contributed by atoms with Crippen LogP contribution in [0, 0.1) is 11.3 Å². The molecule has 0 aromatic rings. The molecule has 2 atom stereocenters. The van der Waals surface area contributed by atoms with Gasteiger partial charge in [-0.3, -0.25) is 4.79 Å². The van der Waals surface area contributed by atoms with Gasteiger partial charge in [0.15, 0.2) is 0 Å². The number of rotatable bonds is 5. The van der Waals surface area contributed by atoms with Crippen LogP contribution < -0.4 is 5.32 Å². The van der Waals surface area contributed by atoms with E-state index in [4.69, 9.17) is 9.47 Å². The molecule has 0 bridgehead atoms. The maximum Gasteiger partial charge on any atom is 0.220 e. The molecule has 3 aliphatic rings. The van der Waals surface area contributed by atoms with Gasteiger partial charge in [0.1, 0.15) is 0 Å². The van der Waals surface area contributed by atoms with Crippen molar-refractivity contribution >= 4 is 5.91 Å². The fourth-order valence-corrected chi connectivity index (χ4v) is 4.73. The van der Waals surface area contributed by atoms with Crippen LogP contribution in [0.5, 0.6) is 0 Å². The lowest BCUT2D eigenvalue weighted by molar-refractivity contribution is -0.157. The van der Waals surface area contributed by atoms with E-state index in [1.54, 1.807) is 0 Å². The topological polar surface area (TPSA) is 47.6 Å². The van der Waals surface area contributed by atoms with Crippen molar-refractivity contribution in [2.75, 3.05) is 19.8 Å². The lowest BCUT2D eigenvalue weighted by Gasteiger charge is -2.57. The van der Waals surface area contributed by atoms with Crippen molar-refractivity contribution in [2.45, 2.75) is 76.9 Å². The molecule has 4 nitrogen and oxygen atoms in total. The van der Waals surface area contributed by atoms with Gasteiger partial charge >= 0.3 is 0 Å². The van der Waals surface area contributed by atoms with E-state index in [0.717, 1.165) is 39.1 Å². The van der Waals surface area contributed by atoms with Crippen molar-refractivity contribution in [3.63, 3.8) is 0 Å². The Labute approximate surface area is 134 Å². The Morgan fingerprint density at radius 2 is 1.95 bits per heavy atom. The quantitative estimate of drug-likeness (QED) is 0.849. The summed E-state index contributed by atoms with van der Waals surface area (Å²) in [5.41, 5.74) is 0.236. The summed E-state index contributed by atoms with van der Waals surface area (Å²) in [7, 11) is 0. The summed E-state index contributed by atoms with van der Waals surface area (Å²) < 4.78 is 11.3. The van der Waals surface area contributed by atoms with Gasteiger partial charge in [-0.05, 0) is 44.9 Å². The van der Waals surface area contributed by atoms with E-state index >= 15 is 0 Å². The van der Waals surface area contributed by atoms with Crippen molar-refractivity contribution in [2.24, 2.45) is 11.3 Å². The zero-order valence-corrected chi connectivity index (χ0v) is 13.9. The molecule has 126 valence electrons. The number of amides is 1. The first kappa shape index (κ1) is 16.3. The van der Waals surface area contributed by atoms with Crippen LogP contribution in [-0.4, -0.2) is 37.9 Å². The summed E-state index contributed by atoms with van der Waals surface area (Å²) in [6, 6.07) is 0.344. The van der Waals surface area contributed by atoms with Crippen LogP contribution in [-0.2, 0) is 14.3 Å². The van der Waals surface area contributed by atoms with Gasteiger partial charge in [0.2, 0.25) is 5.91 Å². The van der Waals surface area contributed by atoms with E-state index in [2.05, 4.69) is 12.2 Å². The molecule has 1 saturated heterocycles. The van der Waals surface area contributed by atoms with E-state index < -0.39 is 0 Å².